The van der Waals surface area contributed by atoms with Crippen molar-refractivity contribution in [3.05, 3.63) is 53.6 Å². The number of thiazole rings is 1. The van der Waals surface area contributed by atoms with E-state index in [1.54, 1.807) is 24.3 Å². The lowest BCUT2D eigenvalue weighted by Gasteiger charge is -2.30. The molecule has 1 aliphatic heterocycles. The molecule has 0 saturated carbocycles. The third kappa shape index (κ3) is 6.21. The zero-order chi connectivity index (χ0) is 24.1. The summed E-state index contributed by atoms with van der Waals surface area (Å²) >= 11 is 1.47. The van der Waals surface area contributed by atoms with Gasteiger partial charge in [-0.2, -0.15) is 0 Å². The van der Waals surface area contributed by atoms with E-state index in [1.165, 1.54) is 49.9 Å². The number of rotatable bonds is 7. The van der Waals surface area contributed by atoms with Crippen molar-refractivity contribution >= 4 is 44.6 Å². The molecule has 178 valence electrons. The van der Waals surface area contributed by atoms with E-state index in [4.69, 9.17) is 9.47 Å². The van der Waals surface area contributed by atoms with Crippen LogP contribution in [-0.4, -0.2) is 42.0 Å². The summed E-state index contributed by atoms with van der Waals surface area (Å²) in [4.78, 5) is 30.7. The van der Waals surface area contributed by atoms with E-state index >= 15 is 0 Å². The number of hydrogen-bond donors (Lipinski definition) is 1. The average Bonchev–Trinajstić information content (AvgIpc) is 3.21. The Hall–Kier alpha value is -3.23. The van der Waals surface area contributed by atoms with Gasteiger partial charge in [-0.25, -0.2) is 4.98 Å². The van der Waals surface area contributed by atoms with Gasteiger partial charge in [0.1, 0.15) is 0 Å². The van der Waals surface area contributed by atoms with Gasteiger partial charge in [-0.05, 0) is 73.3 Å². The van der Waals surface area contributed by atoms with Crippen LogP contribution in [0, 0.1) is 5.92 Å². The van der Waals surface area contributed by atoms with Gasteiger partial charge in [-0.3, -0.25) is 19.8 Å². The van der Waals surface area contributed by atoms with Crippen molar-refractivity contribution in [1.29, 1.82) is 0 Å². The van der Waals surface area contributed by atoms with Crippen LogP contribution in [0.2, 0.25) is 0 Å². The van der Waals surface area contributed by atoms with Crippen LogP contribution in [-0.2, 0) is 16.1 Å². The number of amides is 1. The molecule has 1 saturated heterocycles. The third-order valence-corrected chi connectivity index (χ3v) is 6.77. The average molecular weight is 480 g/mol. The second-order valence-corrected chi connectivity index (χ2v) is 9.64. The van der Waals surface area contributed by atoms with Crippen molar-refractivity contribution in [3.8, 4) is 11.5 Å². The number of nitrogens with one attached hydrogen (secondary N) is 1. The first-order valence-electron chi connectivity index (χ1n) is 11.4. The highest BCUT2D eigenvalue weighted by Crippen LogP contribution is 2.30. The van der Waals surface area contributed by atoms with Crippen molar-refractivity contribution in [2.75, 3.05) is 25.5 Å². The summed E-state index contributed by atoms with van der Waals surface area (Å²) in [5.74, 6) is 0.872. The zero-order valence-corrected chi connectivity index (χ0v) is 20.5. The maximum absolute atomic E-state index is 12.4. The molecular formula is C26H29N3O4S. The molecule has 1 fully saturated rings. The summed E-state index contributed by atoms with van der Waals surface area (Å²) in [6.45, 7) is 6.89. The number of likely N-dealkylation sites (tertiary alicyclic amines) is 1. The number of piperidine rings is 1. The fraction of sp³-hybridized carbons (Fsp3) is 0.346. The molecule has 0 atom stereocenters. The van der Waals surface area contributed by atoms with Crippen molar-refractivity contribution in [1.82, 2.24) is 9.88 Å². The van der Waals surface area contributed by atoms with Crippen LogP contribution >= 0.6 is 11.3 Å². The number of benzene rings is 2. The monoisotopic (exact) mass is 479 g/mol. The number of methoxy groups -OCH3 is 1. The standard InChI is InChI=1S/C26H29N3O4S/c1-17-10-12-29(13-11-17)16-20-4-7-21-24(15-20)34-26(27-21)28-25(31)9-6-19-5-8-22(33-18(2)30)23(14-19)32-3/h4-9,14-15,17H,10-13,16H2,1-3H3,(H,27,28,31)/b9-6+. The number of carbonyl (C=O) groups is 2. The Labute approximate surface area is 203 Å². The van der Waals surface area contributed by atoms with E-state index in [0.717, 1.165) is 41.3 Å². The van der Waals surface area contributed by atoms with Gasteiger partial charge in [0.05, 0.1) is 17.3 Å². The van der Waals surface area contributed by atoms with Crippen molar-refractivity contribution in [2.24, 2.45) is 5.92 Å². The molecule has 1 amide bonds. The molecule has 0 aliphatic carbocycles. The predicted molar refractivity (Wildman–Crippen MR) is 135 cm³/mol. The summed E-state index contributed by atoms with van der Waals surface area (Å²) in [5.41, 5.74) is 2.89. The molecule has 34 heavy (non-hydrogen) atoms. The van der Waals surface area contributed by atoms with Crippen molar-refractivity contribution in [3.63, 3.8) is 0 Å². The van der Waals surface area contributed by atoms with Crippen molar-refractivity contribution in [2.45, 2.75) is 33.2 Å². The molecule has 0 bridgehead atoms. The molecular weight excluding hydrogens is 450 g/mol. The molecule has 2 heterocycles. The van der Waals surface area contributed by atoms with E-state index < -0.39 is 5.97 Å². The summed E-state index contributed by atoms with van der Waals surface area (Å²) in [6.07, 6.45) is 5.63. The minimum Gasteiger partial charge on any atom is -0.493 e. The van der Waals surface area contributed by atoms with Gasteiger partial charge >= 0.3 is 5.97 Å². The van der Waals surface area contributed by atoms with Gasteiger partial charge in [0.15, 0.2) is 16.6 Å². The Balaban J connectivity index is 1.38. The Bertz CT molecular complexity index is 1210. The summed E-state index contributed by atoms with van der Waals surface area (Å²) in [5, 5.41) is 3.41. The molecule has 2 aromatic carbocycles. The number of hydrogen-bond acceptors (Lipinski definition) is 7. The van der Waals surface area contributed by atoms with Crippen LogP contribution in [0.3, 0.4) is 0 Å². The maximum Gasteiger partial charge on any atom is 0.308 e. The van der Waals surface area contributed by atoms with Gasteiger partial charge in [0.25, 0.3) is 0 Å². The molecule has 1 N–H and O–H groups in total. The molecule has 8 heteroatoms. The smallest absolute Gasteiger partial charge is 0.308 e. The molecule has 3 aromatic rings. The van der Waals surface area contributed by atoms with E-state index in [0.29, 0.717) is 16.6 Å². The normalized spacial score (nSPS) is 15.0. The van der Waals surface area contributed by atoms with E-state index in [1.807, 2.05) is 6.07 Å². The van der Waals surface area contributed by atoms with Crippen LogP contribution in [0.1, 0.15) is 37.8 Å². The van der Waals surface area contributed by atoms with E-state index in [2.05, 4.69) is 34.3 Å². The Kier molecular flexibility index (Phi) is 7.59. The number of anilines is 1. The lowest BCUT2D eigenvalue weighted by atomic mass is 9.99. The van der Waals surface area contributed by atoms with Gasteiger partial charge < -0.3 is 9.47 Å². The zero-order valence-electron chi connectivity index (χ0n) is 19.7. The molecule has 0 unspecified atom stereocenters. The molecule has 1 aromatic heterocycles. The topological polar surface area (TPSA) is 80.8 Å². The Morgan fingerprint density at radius 3 is 2.71 bits per heavy atom. The highest BCUT2D eigenvalue weighted by molar-refractivity contribution is 7.22. The fourth-order valence-electron chi connectivity index (χ4n) is 3.95. The predicted octanol–water partition coefficient (Wildman–Crippen LogP) is 5.11. The van der Waals surface area contributed by atoms with Gasteiger partial charge in [0, 0.05) is 19.5 Å². The van der Waals surface area contributed by atoms with Crippen LogP contribution in [0.25, 0.3) is 16.3 Å². The molecule has 0 spiro atoms. The van der Waals surface area contributed by atoms with Crippen molar-refractivity contribution < 1.29 is 19.1 Å². The van der Waals surface area contributed by atoms with Crippen LogP contribution in [0.4, 0.5) is 5.13 Å². The minimum atomic E-state index is -0.426. The number of nitrogens with zero attached hydrogens (tertiary/aromatic N) is 2. The van der Waals surface area contributed by atoms with Gasteiger partial charge in [0.2, 0.25) is 5.91 Å². The number of carbonyl (C=O) groups excluding carboxylic acids is 2. The quantitative estimate of drug-likeness (QED) is 0.288. The SMILES string of the molecule is COc1cc(/C=C/C(=O)Nc2nc3ccc(CN4CCC(C)CC4)cc3s2)ccc1OC(C)=O. The second kappa shape index (κ2) is 10.8. The molecule has 1 aliphatic rings. The first kappa shape index (κ1) is 23.9. The first-order valence-corrected chi connectivity index (χ1v) is 12.2. The largest absolute Gasteiger partial charge is 0.493 e. The van der Waals surface area contributed by atoms with E-state index in [-0.39, 0.29) is 5.91 Å². The van der Waals surface area contributed by atoms with Crippen LogP contribution in [0.5, 0.6) is 11.5 Å². The highest BCUT2D eigenvalue weighted by atomic mass is 32.1. The van der Waals surface area contributed by atoms with Gasteiger partial charge in [-0.1, -0.05) is 30.4 Å². The lowest BCUT2D eigenvalue weighted by Crippen LogP contribution is -2.32. The number of fused-ring (bicyclic) bond motifs is 1. The molecule has 4 rings (SSSR count). The Morgan fingerprint density at radius 2 is 1.97 bits per heavy atom. The Morgan fingerprint density at radius 1 is 1.18 bits per heavy atom. The second-order valence-electron chi connectivity index (χ2n) is 8.61. The number of esters is 1. The lowest BCUT2D eigenvalue weighted by molar-refractivity contribution is -0.132. The van der Waals surface area contributed by atoms with Crippen LogP contribution in [0.15, 0.2) is 42.5 Å². The van der Waals surface area contributed by atoms with Crippen LogP contribution < -0.4 is 14.8 Å². The number of ether oxygens (including phenoxy) is 2. The first-order chi connectivity index (χ1) is 16.4. The van der Waals surface area contributed by atoms with E-state index in [9.17, 15) is 9.59 Å². The third-order valence-electron chi connectivity index (χ3n) is 5.83. The van der Waals surface area contributed by atoms with Gasteiger partial charge in [-0.15, -0.1) is 0 Å². The number of aromatic nitrogens is 1. The summed E-state index contributed by atoms with van der Waals surface area (Å²) < 4.78 is 11.4. The summed E-state index contributed by atoms with van der Waals surface area (Å²) in [6, 6.07) is 11.4. The fourth-order valence-corrected chi connectivity index (χ4v) is 4.88. The summed E-state index contributed by atoms with van der Waals surface area (Å²) in [7, 11) is 1.49. The maximum atomic E-state index is 12.4. The highest BCUT2D eigenvalue weighted by Gasteiger charge is 2.16. The minimum absolute atomic E-state index is 0.273. The molecule has 0 radical (unpaired) electrons. The molecule has 7 nitrogen and oxygen atoms in total.